The molecular weight excluding hydrogens is 783 g/mol. The Morgan fingerprint density at radius 3 is 1.03 bits per heavy atom. The molecule has 0 aliphatic heterocycles. The third-order valence-electron chi connectivity index (χ3n) is 10.5. The zero-order chi connectivity index (χ0) is 46.3. The van der Waals surface area contributed by atoms with E-state index in [9.17, 15) is 15.0 Å². The molecule has 0 saturated heterocycles. The van der Waals surface area contributed by atoms with Gasteiger partial charge in [-0.05, 0) is 109 Å². The summed E-state index contributed by atoms with van der Waals surface area (Å²) in [6.45, 7) is 4.15. The minimum Gasteiger partial charge on any atom is -0.394 e. The fourth-order valence-corrected chi connectivity index (χ4v) is 6.63. The predicted octanol–water partition coefficient (Wildman–Crippen LogP) is 17.0. The van der Waals surface area contributed by atoms with Gasteiger partial charge in [-0.3, -0.25) is 4.79 Å². The number of rotatable bonds is 44. The van der Waals surface area contributed by atoms with Gasteiger partial charge in [0.05, 0.1) is 18.8 Å². The smallest absolute Gasteiger partial charge is 0.220 e. The van der Waals surface area contributed by atoms with Crippen molar-refractivity contribution in [3.05, 3.63) is 158 Å². The molecule has 0 aliphatic carbocycles. The Hall–Kier alpha value is -3.99. The van der Waals surface area contributed by atoms with Crippen LogP contribution in [-0.2, 0) is 4.79 Å². The van der Waals surface area contributed by atoms with Crippen molar-refractivity contribution in [1.29, 1.82) is 0 Å². The van der Waals surface area contributed by atoms with Crippen LogP contribution in [0.2, 0.25) is 0 Å². The van der Waals surface area contributed by atoms with Crippen molar-refractivity contribution in [2.24, 2.45) is 0 Å². The molecule has 0 bridgehead atoms. The van der Waals surface area contributed by atoms with Crippen LogP contribution < -0.4 is 5.32 Å². The first-order valence-electron chi connectivity index (χ1n) is 25.7. The van der Waals surface area contributed by atoms with Crippen molar-refractivity contribution < 1.29 is 15.0 Å². The van der Waals surface area contributed by atoms with Crippen LogP contribution in [0.25, 0.3) is 0 Å². The van der Waals surface area contributed by atoms with Crippen LogP contribution in [-0.4, -0.2) is 34.9 Å². The molecular formula is C60H95NO3. The number of carbonyl (C=O) groups is 1. The highest BCUT2D eigenvalue weighted by Gasteiger charge is 2.17. The van der Waals surface area contributed by atoms with E-state index in [1.807, 2.05) is 6.08 Å². The van der Waals surface area contributed by atoms with E-state index in [0.29, 0.717) is 6.42 Å². The second-order valence-electron chi connectivity index (χ2n) is 16.5. The Morgan fingerprint density at radius 1 is 0.391 bits per heavy atom. The largest absolute Gasteiger partial charge is 0.394 e. The topological polar surface area (TPSA) is 69.6 Å². The lowest BCUT2D eigenvalue weighted by atomic mass is 10.0. The van der Waals surface area contributed by atoms with Gasteiger partial charge in [-0.2, -0.15) is 0 Å². The Labute approximate surface area is 395 Å². The first-order chi connectivity index (χ1) is 31.7. The molecule has 0 saturated carbocycles. The predicted molar refractivity (Wildman–Crippen MR) is 284 cm³/mol. The van der Waals surface area contributed by atoms with Gasteiger partial charge in [-0.25, -0.2) is 0 Å². The van der Waals surface area contributed by atoms with E-state index >= 15 is 0 Å². The summed E-state index contributed by atoms with van der Waals surface area (Å²) in [5.74, 6) is -0.114. The van der Waals surface area contributed by atoms with E-state index in [-0.39, 0.29) is 12.5 Å². The summed E-state index contributed by atoms with van der Waals surface area (Å²) in [7, 11) is 0. The highest BCUT2D eigenvalue weighted by molar-refractivity contribution is 5.76. The lowest BCUT2D eigenvalue weighted by molar-refractivity contribution is -0.123. The molecule has 0 fully saturated rings. The van der Waals surface area contributed by atoms with Crippen molar-refractivity contribution in [3.63, 3.8) is 0 Å². The average molecular weight is 878 g/mol. The molecule has 2 atom stereocenters. The van der Waals surface area contributed by atoms with E-state index in [1.165, 1.54) is 64.2 Å². The van der Waals surface area contributed by atoms with Crippen molar-refractivity contribution in [3.8, 4) is 0 Å². The number of allylic oxidation sites excluding steroid dienone is 25. The number of unbranched alkanes of at least 4 members (excludes halogenated alkanes) is 13. The van der Waals surface area contributed by atoms with Crippen molar-refractivity contribution in [2.75, 3.05) is 6.61 Å². The van der Waals surface area contributed by atoms with Crippen LogP contribution in [0.15, 0.2) is 158 Å². The summed E-state index contributed by atoms with van der Waals surface area (Å²) >= 11 is 0. The third kappa shape index (κ3) is 49.0. The maximum Gasteiger partial charge on any atom is 0.220 e. The quantitative estimate of drug-likeness (QED) is 0.0422. The summed E-state index contributed by atoms with van der Waals surface area (Å²) in [6, 6.07) is -0.656. The molecule has 0 aliphatic rings. The molecule has 1 amide bonds. The summed E-state index contributed by atoms with van der Waals surface area (Å²) in [4.78, 5) is 12.4. The van der Waals surface area contributed by atoms with Gasteiger partial charge in [0.2, 0.25) is 5.91 Å². The standard InChI is InChI=1S/C60H95NO3/c1-3-5-7-9-11-13-15-17-18-19-20-21-22-23-24-25-26-27-28-29-30-31-32-33-34-35-36-37-38-39-40-41-42-44-46-48-50-52-54-56-60(64)61-58(57-62)59(63)55-53-51-49-47-45-43-16-14-12-10-8-6-4-2/h5,7,11,13,17-18,20-21,23-24,26-27,29-30,32-33,35-36,38-39,41-42,46,48,53,55,58-59,62-63H,3-4,6,8-10,12,14-16,19,22,25,28,31,34,37,40,43-45,47,49-52,54,56-57H2,1-2H3,(H,61,64)/b7-5-,13-11-,18-17-,21-20-,24-23-,27-26-,30-29-,33-32-,36-35-,39-38-,42-41-,48-46-,55-53+. The molecule has 0 radical (unpaired) electrons. The Kier molecular flexibility index (Phi) is 50.0. The van der Waals surface area contributed by atoms with Gasteiger partial charge >= 0.3 is 0 Å². The van der Waals surface area contributed by atoms with Crippen LogP contribution in [0.1, 0.15) is 194 Å². The second kappa shape index (κ2) is 53.3. The molecule has 0 rings (SSSR count). The van der Waals surface area contributed by atoms with Crippen LogP contribution in [0.5, 0.6) is 0 Å². The number of aliphatic hydroxyl groups is 2. The second-order valence-corrected chi connectivity index (χ2v) is 16.5. The van der Waals surface area contributed by atoms with Gasteiger partial charge in [0, 0.05) is 6.42 Å². The third-order valence-corrected chi connectivity index (χ3v) is 10.5. The van der Waals surface area contributed by atoms with Gasteiger partial charge in [-0.1, -0.05) is 236 Å². The zero-order valence-corrected chi connectivity index (χ0v) is 41.0. The molecule has 64 heavy (non-hydrogen) atoms. The molecule has 2 unspecified atom stereocenters. The monoisotopic (exact) mass is 878 g/mol. The van der Waals surface area contributed by atoms with E-state index in [2.05, 4.69) is 165 Å². The Balaban J connectivity index is 3.76. The highest BCUT2D eigenvalue weighted by atomic mass is 16.3. The average Bonchev–Trinajstić information content (AvgIpc) is 3.30. The number of aliphatic hydroxyl groups excluding tert-OH is 2. The first-order valence-corrected chi connectivity index (χ1v) is 25.7. The van der Waals surface area contributed by atoms with Gasteiger partial charge in [0.15, 0.2) is 0 Å². The Bertz CT molecular complexity index is 1410. The van der Waals surface area contributed by atoms with Gasteiger partial charge in [-0.15, -0.1) is 0 Å². The minimum absolute atomic E-state index is 0.114. The summed E-state index contributed by atoms with van der Waals surface area (Å²) < 4.78 is 0. The molecule has 0 spiro atoms. The molecule has 0 aromatic carbocycles. The molecule has 3 N–H and O–H groups in total. The van der Waals surface area contributed by atoms with Crippen LogP contribution in [0, 0.1) is 0 Å². The molecule has 0 heterocycles. The zero-order valence-electron chi connectivity index (χ0n) is 41.0. The first kappa shape index (κ1) is 60.0. The molecule has 358 valence electrons. The number of hydrogen-bond acceptors (Lipinski definition) is 3. The van der Waals surface area contributed by atoms with Crippen molar-refractivity contribution in [2.45, 2.75) is 206 Å². The molecule has 4 heteroatoms. The summed E-state index contributed by atoms with van der Waals surface area (Å²) in [5, 5.41) is 23.0. The highest BCUT2D eigenvalue weighted by Crippen LogP contribution is 2.12. The van der Waals surface area contributed by atoms with E-state index in [4.69, 9.17) is 0 Å². The lowest BCUT2D eigenvalue weighted by Crippen LogP contribution is -2.45. The lowest BCUT2D eigenvalue weighted by Gasteiger charge is -2.19. The summed E-state index contributed by atoms with van der Waals surface area (Å²) in [5.41, 5.74) is 0. The molecule has 0 aromatic heterocycles. The van der Waals surface area contributed by atoms with Crippen LogP contribution in [0.4, 0.5) is 0 Å². The number of nitrogens with one attached hydrogen (secondary N) is 1. The maximum absolute atomic E-state index is 12.4. The SMILES string of the molecule is CC/C=C\C/C=C\C/C=C\C/C=C\C/C=C\C/C=C\C/C=C\C/C=C\C/C=C\C/C=C\C/C=C\C/C=C\CCCCC(=O)NC(CO)C(O)/C=C/CCCCCCCCCCCCC. The van der Waals surface area contributed by atoms with Gasteiger partial charge in [0.25, 0.3) is 0 Å². The number of carbonyl (C=O) groups excluding carboxylic acids is 1. The van der Waals surface area contributed by atoms with Crippen molar-refractivity contribution in [1.82, 2.24) is 5.32 Å². The molecule has 4 nitrogen and oxygen atoms in total. The van der Waals surface area contributed by atoms with Gasteiger partial charge in [0.1, 0.15) is 0 Å². The maximum atomic E-state index is 12.4. The minimum atomic E-state index is -0.868. The molecule has 0 aromatic rings. The van der Waals surface area contributed by atoms with E-state index in [1.54, 1.807) is 6.08 Å². The van der Waals surface area contributed by atoms with Crippen molar-refractivity contribution >= 4 is 5.91 Å². The number of amides is 1. The Morgan fingerprint density at radius 2 is 0.688 bits per heavy atom. The number of hydrogen-bond donors (Lipinski definition) is 3. The summed E-state index contributed by atoms with van der Waals surface area (Å²) in [6.07, 6.45) is 86.6. The van der Waals surface area contributed by atoms with Crippen LogP contribution >= 0.6 is 0 Å². The normalized spacial score (nSPS) is 14.2. The van der Waals surface area contributed by atoms with Gasteiger partial charge < -0.3 is 15.5 Å². The van der Waals surface area contributed by atoms with E-state index in [0.717, 1.165) is 109 Å². The van der Waals surface area contributed by atoms with Crippen LogP contribution in [0.3, 0.4) is 0 Å². The fourth-order valence-electron chi connectivity index (χ4n) is 6.63. The fraction of sp³-hybridized carbons (Fsp3) is 0.550. The van der Waals surface area contributed by atoms with E-state index < -0.39 is 12.1 Å².